The van der Waals surface area contributed by atoms with Gasteiger partial charge in [0.15, 0.2) is 0 Å². The summed E-state index contributed by atoms with van der Waals surface area (Å²) in [5.74, 6) is -0.111. The molecule has 1 saturated carbocycles. The monoisotopic (exact) mass is 415 g/mol. The van der Waals surface area contributed by atoms with E-state index in [2.05, 4.69) is 39.2 Å². The standard InChI is InChI=1S/C25H25N3O3/c1-28-10-9-16-11-18(13-20(23(16)28)19-5-3-4-6-22(19)31-2)27-24-21(25(29)30)12-17(14-26-24)15-7-8-15/h3-6,9-15,19,22H,7-8H2,1-2H3,(H,26,27)(H,29,30). The lowest BCUT2D eigenvalue weighted by molar-refractivity contribution is 0.0697. The van der Waals surface area contributed by atoms with E-state index >= 15 is 0 Å². The van der Waals surface area contributed by atoms with Crippen molar-refractivity contribution >= 4 is 28.4 Å². The molecule has 31 heavy (non-hydrogen) atoms. The maximum Gasteiger partial charge on any atom is 0.339 e. The van der Waals surface area contributed by atoms with Gasteiger partial charge < -0.3 is 19.7 Å². The van der Waals surface area contributed by atoms with E-state index in [-0.39, 0.29) is 17.6 Å². The highest BCUT2D eigenvalue weighted by molar-refractivity contribution is 5.95. The third kappa shape index (κ3) is 3.64. The molecule has 158 valence electrons. The molecule has 2 N–H and O–H groups in total. The van der Waals surface area contributed by atoms with E-state index in [9.17, 15) is 9.90 Å². The minimum absolute atomic E-state index is 0.0528. The predicted molar refractivity (Wildman–Crippen MR) is 121 cm³/mol. The van der Waals surface area contributed by atoms with E-state index in [1.807, 2.05) is 31.5 Å². The number of pyridine rings is 1. The number of carboxylic acids is 1. The fourth-order valence-corrected chi connectivity index (χ4v) is 4.42. The number of benzene rings is 1. The first kappa shape index (κ1) is 19.6. The lowest BCUT2D eigenvalue weighted by Crippen LogP contribution is -2.19. The Balaban J connectivity index is 1.58. The van der Waals surface area contributed by atoms with Crippen molar-refractivity contribution in [2.75, 3.05) is 12.4 Å². The van der Waals surface area contributed by atoms with E-state index in [0.29, 0.717) is 11.7 Å². The van der Waals surface area contributed by atoms with Gasteiger partial charge >= 0.3 is 5.97 Å². The lowest BCUT2D eigenvalue weighted by Gasteiger charge is -2.25. The van der Waals surface area contributed by atoms with Gasteiger partial charge in [-0.2, -0.15) is 0 Å². The molecule has 2 atom stereocenters. The van der Waals surface area contributed by atoms with Crippen molar-refractivity contribution in [2.45, 2.75) is 30.8 Å². The van der Waals surface area contributed by atoms with Crippen LogP contribution in [-0.4, -0.2) is 33.8 Å². The summed E-state index contributed by atoms with van der Waals surface area (Å²) in [7, 11) is 3.75. The molecule has 1 aromatic carbocycles. The number of fused-ring (bicyclic) bond motifs is 1. The van der Waals surface area contributed by atoms with Gasteiger partial charge in [-0.25, -0.2) is 9.78 Å². The van der Waals surface area contributed by atoms with Crippen LogP contribution < -0.4 is 5.32 Å². The number of carboxylic acid groups (broad SMARTS) is 1. The lowest BCUT2D eigenvalue weighted by atomic mass is 9.88. The zero-order valence-corrected chi connectivity index (χ0v) is 17.6. The molecule has 2 aromatic heterocycles. The van der Waals surface area contributed by atoms with Gasteiger partial charge in [-0.05, 0) is 54.2 Å². The van der Waals surface area contributed by atoms with Crippen molar-refractivity contribution in [1.29, 1.82) is 0 Å². The molecule has 0 radical (unpaired) electrons. The average molecular weight is 415 g/mol. The number of hydrogen-bond donors (Lipinski definition) is 2. The molecule has 0 saturated heterocycles. The zero-order chi connectivity index (χ0) is 21.5. The largest absolute Gasteiger partial charge is 0.478 e. The third-order valence-corrected chi connectivity index (χ3v) is 6.17. The third-order valence-electron chi connectivity index (χ3n) is 6.17. The second kappa shape index (κ2) is 7.71. The van der Waals surface area contributed by atoms with Crippen LogP contribution in [0.1, 0.15) is 46.2 Å². The molecule has 2 unspecified atom stereocenters. The first-order valence-corrected chi connectivity index (χ1v) is 10.5. The SMILES string of the molecule is COC1C=CC=CC1c1cc(Nc2ncc(C3CC3)cc2C(=O)O)cc2ccn(C)c12. The quantitative estimate of drug-likeness (QED) is 0.585. The summed E-state index contributed by atoms with van der Waals surface area (Å²) >= 11 is 0. The molecule has 0 bridgehead atoms. The molecule has 1 fully saturated rings. The Hall–Kier alpha value is -3.38. The van der Waals surface area contributed by atoms with Crippen molar-refractivity contribution in [3.8, 4) is 0 Å². The van der Waals surface area contributed by atoms with Gasteiger partial charge in [-0.15, -0.1) is 0 Å². The van der Waals surface area contributed by atoms with Crippen LogP contribution in [0, 0.1) is 0 Å². The summed E-state index contributed by atoms with van der Waals surface area (Å²) in [6.45, 7) is 0. The number of aromatic nitrogens is 2. The molecule has 6 nitrogen and oxygen atoms in total. The number of ether oxygens (including phenoxy) is 1. The van der Waals surface area contributed by atoms with Crippen molar-refractivity contribution in [3.63, 3.8) is 0 Å². The summed E-state index contributed by atoms with van der Waals surface area (Å²) in [5, 5.41) is 14.1. The highest BCUT2D eigenvalue weighted by atomic mass is 16.5. The van der Waals surface area contributed by atoms with E-state index < -0.39 is 5.97 Å². The molecule has 2 heterocycles. The minimum atomic E-state index is -0.974. The molecular weight excluding hydrogens is 390 g/mol. The van der Waals surface area contributed by atoms with Gasteiger partial charge in [0.25, 0.3) is 0 Å². The minimum Gasteiger partial charge on any atom is -0.478 e. The van der Waals surface area contributed by atoms with Crippen molar-refractivity contribution in [1.82, 2.24) is 9.55 Å². The van der Waals surface area contributed by atoms with Crippen LogP contribution in [0.2, 0.25) is 0 Å². The topological polar surface area (TPSA) is 76.4 Å². The van der Waals surface area contributed by atoms with Crippen LogP contribution in [0.5, 0.6) is 0 Å². The number of aryl methyl sites for hydroxylation is 1. The molecule has 5 rings (SSSR count). The molecule has 2 aliphatic carbocycles. The van der Waals surface area contributed by atoms with E-state index in [0.717, 1.165) is 40.6 Å². The average Bonchev–Trinajstić information content (AvgIpc) is 3.56. The number of rotatable bonds is 6. The van der Waals surface area contributed by atoms with E-state index in [4.69, 9.17) is 4.74 Å². The Labute approximate surface area is 180 Å². The summed E-state index contributed by atoms with van der Waals surface area (Å²) < 4.78 is 7.83. The normalized spacial score (nSPS) is 20.3. The van der Waals surface area contributed by atoms with Crippen LogP contribution >= 0.6 is 0 Å². The number of carbonyl (C=O) groups is 1. The van der Waals surface area contributed by atoms with Crippen molar-refractivity contribution in [2.24, 2.45) is 7.05 Å². The number of allylic oxidation sites excluding steroid dienone is 2. The molecule has 2 aliphatic rings. The van der Waals surface area contributed by atoms with Crippen molar-refractivity contribution in [3.05, 3.63) is 77.7 Å². The fourth-order valence-electron chi connectivity index (χ4n) is 4.42. The van der Waals surface area contributed by atoms with E-state index in [1.54, 1.807) is 19.4 Å². The first-order valence-electron chi connectivity index (χ1n) is 10.5. The van der Waals surface area contributed by atoms with Gasteiger partial charge in [-0.1, -0.05) is 24.3 Å². The zero-order valence-electron chi connectivity index (χ0n) is 17.6. The molecule has 3 aromatic rings. The van der Waals surface area contributed by atoms with Gasteiger partial charge in [0, 0.05) is 43.5 Å². The summed E-state index contributed by atoms with van der Waals surface area (Å²) in [6, 6.07) is 7.93. The number of nitrogens with zero attached hydrogens (tertiary/aromatic N) is 2. The molecule has 0 spiro atoms. The number of aromatic carboxylic acids is 1. The maximum absolute atomic E-state index is 11.9. The van der Waals surface area contributed by atoms with Crippen LogP contribution in [-0.2, 0) is 11.8 Å². The number of nitrogens with one attached hydrogen (secondary N) is 1. The summed E-state index contributed by atoms with van der Waals surface area (Å²) in [5.41, 5.74) is 4.26. The first-order chi connectivity index (χ1) is 15.0. The van der Waals surface area contributed by atoms with Gasteiger partial charge in [0.2, 0.25) is 0 Å². The molecule has 0 amide bonds. The highest BCUT2D eigenvalue weighted by Gasteiger charge is 2.27. The van der Waals surface area contributed by atoms with Crippen LogP contribution in [0.4, 0.5) is 11.5 Å². The summed E-state index contributed by atoms with van der Waals surface area (Å²) in [6.07, 6.45) is 14.2. The van der Waals surface area contributed by atoms with Crippen molar-refractivity contribution < 1.29 is 14.6 Å². The second-order valence-corrected chi connectivity index (χ2v) is 8.30. The smallest absolute Gasteiger partial charge is 0.339 e. The van der Waals surface area contributed by atoms with Gasteiger partial charge in [0.05, 0.1) is 11.6 Å². The molecule has 6 heteroatoms. The maximum atomic E-state index is 11.9. The van der Waals surface area contributed by atoms with Gasteiger partial charge in [-0.3, -0.25) is 0 Å². The van der Waals surface area contributed by atoms with Crippen LogP contribution in [0.15, 0.2) is 61.0 Å². The Morgan fingerprint density at radius 2 is 2.03 bits per heavy atom. The number of anilines is 2. The number of hydrogen-bond acceptors (Lipinski definition) is 4. The van der Waals surface area contributed by atoms with Crippen LogP contribution in [0.25, 0.3) is 10.9 Å². The van der Waals surface area contributed by atoms with E-state index in [1.165, 1.54) is 0 Å². The Bertz CT molecular complexity index is 1220. The number of methoxy groups -OCH3 is 1. The predicted octanol–water partition coefficient (Wildman–Crippen LogP) is 5.12. The second-order valence-electron chi connectivity index (χ2n) is 8.30. The fraction of sp³-hybridized carbons (Fsp3) is 0.280. The van der Waals surface area contributed by atoms with Crippen LogP contribution in [0.3, 0.4) is 0 Å². The van der Waals surface area contributed by atoms with Gasteiger partial charge in [0.1, 0.15) is 11.4 Å². The Kier molecular flexibility index (Phi) is 4.87. The Morgan fingerprint density at radius 1 is 1.23 bits per heavy atom. The molecular formula is C25H25N3O3. The highest BCUT2D eigenvalue weighted by Crippen LogP contribution is 2.41. The molecule has 0 aliphatic heterocycles. The Morgan fingerprint density at radius 3 is 2.77 bits per heavy atom. The summed E-state index contributed by atoms with van der Waals surface area (Å²) in [4.78, 5) is 16.4.